The molecule has 2 rings (SSSR count). The summed E-state index contributed by atoms with van der Waals surface area (Å²) in [4.78, 5) is 11.5. The lowest BCUT2D eigenvalue weighted by Crippen LogP contribution is -2.15. The van der Waals surface area contributed by atoms with Gasteiger partial charge < -0.3 is 15.2 Å². The summed E-state index contributed by atoms with van der Waals surface area (Å²) in [5, 5.41) is 3.92. The standard InChI is InChI=1S/C12H19N3O3/c13-10-7-14-15(8-10)9-12(16)18-6-2-4-11-3-1-5-17-11/h7-8,11H,1-6,9,13H2. The number of hydrogen-bond donors (Lipinski definition) is 1. The molecule has 1 aromatic heterocycles. The van der Waals surface area contributed by atoms with Crippen LogP contribution in [0, 0.1) is 0 Å². The first-order valence-corrected chi connectivity index (χ1v) is 6.29. The van der Waals surface area contributed by atoms with E-state index in [4.69, 9.17) is 15.2 Å². The third kappa shape index (κ3) is 4.03. The van der Waals surface area contributed by atoms with E-state index in [0.29, 0.717) is 18.4 Å². The average molecular weight is 253 g/mol. The molecule has 0 amide bonds. The molecule has 0 bridgehead atoms. The normalized spacial score (nSPS) is 19.0. The summed E-state index contributed by atoms with van der Waals surface area (Å²) in [6.45, 7) is 1.41. The van der Waals surface area contributed by atoms with E-state index in [0.717, 1.165) is 32.3 Å². The van der Waals surface area contributed by atoms with Crippen LogP contribution >= 0.6 is 0 Å². The monoisotopic (exact) mass is 253 g/mol. The Balaban J connectivity index is 1.57. The number of esters is 1. The van der Waals surface area contributed by atoms with Gasteiger partial charge in [-0.25, -0.2) is 0 Å². The van der Waals surface area contributed by atoms with Crippen LogP contribution in [0.5, 0.6) is 0 Å². The molecule has 18 heavy (non-hydrogen) atoms. The van der Waals surface area contributed by atoms with Gasteiger partial charge in [0.25, 0.3) is 0 Å². The molecule has 1 aliphatic rings. The number of nitrogens with two attached hydrogens (primary N) is 1. The molecule has 0 saturated carbocycles. The number of anilines is 1. The molecule has 1 fully saturated rings. The van der Waals surface area contributed by atoms with Gasteiger partial charge in [0.15, 0.2) is 0 Å². The van der Waals surface area contributed by atoms with Gasteiger partial charge in [0, 0.05) is 12.8 Å². The quantitative estimate of drug-likeness (QED) is 0.603. The van der Waals surface area contributed by atoms with Crippen molar-refractivity contribution in [1.29, 1.82) is 0 Å². The Morgan fingerprint density at radius 2 is 2.56 bits per heavy atom. The number of carbonyl (C=O) groups excluding carboxylic acids is 1. The van der Waals surface area contributed by atoms with Gasteiger partial charge in [-0.05, 0) is 25.7 Å². The van der Waals surface area contributed by atoms with Crippen LogP contribution in [0.25, 0.3) is 0 Å². The van der Waals surface area contributed by atoms with Crippen molar-refractivity contribution >= 4 is 11.7 Å². The Morgan fingerprint density at radius 1 is 1.67 bits per heavy atom. The molecular formula is C12H19N3O3. The molecule has 100 valence electrons. The SMILES string of the molecule is Nc1cnn(CC(=O)OCCCC2CCCO2)c1. The largest absolute Gasteiger partial charge is 0.464 e. The van der Waals surface area contributed by atoms with Crippen LogP contribution in [-0.4, -0.2) is 35.1 Å². The highest BCUT2D eigenvalue weighted by atomic mass is 16.5. The molecule has 0 radical (unpaired) electrons. The van der Waals surface area contributed by atoms with Crippen LogP contribution in [0.15, 0.2) is 12.4 Å². The van der Waals surface area contributed by atoms with Gasteiger partial charge in [0.1, 0.15) is 6.54 Å². The molecule has 2 N–H and O–H groups in total. The molecule has 1 saturated heterocycles. The zero-order valence-corrected chi connectivity index (χ0v) is 10.4. The molecule has 1 atom stereocenters. The molecule has 2 heterocycles. The minimum Gasteiger partial charge on any atom is -0.464 e. The highest BCUT2D eigenvalue weighted by Crippen LogP contribution is 2.16. The summed E-state index contributed by atoms with van der Waals surface area (Å²) in [5.74, 6) is -0.287. The number of nitrogens with zero attached hydrogens (tertiary/aromatic N) is 2. The van der Waals surface area contributed by atoms with Crippen LogP contribution in [0.4, 0.5) is 5.69 Å². The first-order valence-electron chi connectivity index (χ1n) is 6.29. The Labute approximate surface area is 106 Å². The van der Waals surface area contributed by atoms with Crippen molar-refractivity contribution in [3.63, 3.8) is 0 Å². The number of carbonyl (C=O) groups is 1. The molecule has 6 nitrogen and oxygen atoms in total. The van der Waals surface area contributed by atoms with Gasteiger partial charge >= 0.3 is 5.97 Å². The minimum atomic E-state index is -0.287. The van der Waals surface area contributed by atoms with E-state index >= 15 is 0 Å². The number of rotatable bonds is 6. The van der Waals surface area contributed by atoms with E-state index in [2.05, 4.69) is 5.10 Å². The summed E-state index contributed by atoms with van der Waals surface area (Å²) in [7, 11) is 0. The van der Waals surface area contributed by atoms with E-state index < -0.39 is 0 Å². The third-order valence-electron chi connectivity index (χ3n) is 2.90. The van der Waals surface area contributed by atoms with Gasteiger partial charge in [0.05, 0.1) is 24.6 Å². The molecule has 6 heteroatoms. The van der Waals surface area contributed by atoms with E-state index in [-0.39, 0.29) is 12.5 Å². The molecule has 1 aromatic rings. The first kappa shape index (κ1) is 12.9. The maximum Gasteiger partial charge on any atom is 0.327 e. The predicted molar refractivity (Wildman–Crippen MR) is 65.8 cm³/mol. The second kappa shape index (κ2) is 6.39. The molecule has 0 aromatic carbocycles. The van der Waals surface area contributed by atoms with E-state index in [1.807, 2.05) is 0 Å². The summed E-state index contributed by atoms with van der Waals surface area (Å²) >= 11 is 0. The van der Waals surface area contributed by atoms with Gasteiger partial charge in [-0.3, -0.25) is 9.48 Å². The van der Waals surface area contributed by atoms with Crippen molar-refractivity contribution < 1.29 is 14.3 Å². The zero-order chi connectivity index (χ0) is 12.8. The van der Waals surface area contributed by atoms with Crippen LogP contribution in [0.1, 0.15) is 25.7 Å². The minimum absolute atomic E-state index is 0.108. The number of ether oxygens (including phenoxy) is 2. The smallest absolute Gasteiger partial charge is 0.327 e. The molecule has 0 spiro atoms. The molecular weight excluding hydrogens is 234 g/mol. The van der Waals surface area contributed by atoms with Gasteiger partial charge in [-0.2, -0.15) is 5.10 Å². The highest BCUT2D eigenvalue weighted by Gasteiger charge is 2.15. The van der Waals surface area contributed by atoms with E-state index in [1.165, 1.54) is 10.9 Å². The maximum absolute atomic E-state index is 11.5. The van der Waals surface area contributed by atoms with Crippen molar-refractivity contribution in [2.24, 2.45) is 0 Å². The van der Waals surface area contributed by atoms with Crippen LogP contribution in [0.3, 0.4) is 0 Å². The van der Waals surface area contributed by atoms with Crippen molar-refractivity contribution in [2.45, 2.75) is 38.3 Å². The van der Waals surface area contributed by atoms with Gasteiger partial charge in [0.2, 0.25) is 0 Å². The number of hydrogen-bond acceptors (Lipinski definition) is 5. The first-order chi connectivity index (χ1) is 8.74. The zero-order valence-electron chi connectivity index (χ0n) is 10.4. The molecule has 1 aliphatic heterocycles. The topological polar surface area (TPSA) is 79.4 Å². The Hall–Kier alpha value is -1.56. The fourth-order valence-corrected chi connectivity index (χ4v) is 2.01. The summed E-state index contributed by atoms with van der Waals surface area (Å²) in [5.41, 5.74) is 6.04. The van der Waals surface area contributed by atoms with Crippen LogP contribution in [-0.2, 0) is 20.8 Å². The van der Waals surface area contributed by atoms with Crippen molar-refractivity contribution in [3.8, 4) is 0 Å². The third-order valence-corrected chi connectivity index (χ3v) is 2.90. The van der Waals surface area contributed by atoms with Crippen molar-refractivity contribution in [3.05, 3.63) is 12.4 Å². The fourth-order valence-electron chi connectivity index (χ4n) is 2.01. The fraction of sp³-hybridized carbons (Fsp3) is 0.667. The molecule has 1 unspecified atom stereocenters. The van der Waals surface area contributed by atoms with Gasteiger partial charge in [-0.1, -0.05) is 0 Å². The Bertz CT molecular complexity index is 386. The van der Waals surface area contributed by atoms with Crippen LogP contribution in [0.2, 0.25) is 0 Å². The lowest BCUT2D eigenvalue weighted by molar-refractivity contribution is -0.144. The van der Waals surface area contributed by atoms with Crippen molar-refractivity contribution in [2.75, 3.05) is 18.9 Å². The Morgan fingerprint density at radius 3 is 3.22 bits per heavy atom. The summed E-state index contributed by atoms with van der Waals surface area (Å²) < 4.78 is 12.1. The Kier molecular flexibility index (Phi) is 4.58. The number of nitrogen functional groups attached to an aromatic ring is 1. The number of aromatic nitrogens is 2. The predicted octanol–water partition coefficient (Wildman–Crippen LogP) is 0.968. The summed E-state index contributed by atoms with van der Waals surface area (Å²) in [6.07, 6.45) is 7.54. The van der Waals surface area contributed by atoms with Gasteiger partial charge in [-0.15, -0.1) is 0 Å². The maximum atomic E-state index is 11.5. The van der Waals surface area contributed by atoms with E-state index in [9.17, 15) is 4.79 Å². The van der Waals surface area contributed by atoms with E-state index in [1.54, 1.807) is 6.20 Å². The second-order valence-corrected chi connectivity index (χ2v) is 4.47. The second-order valence-electron chi connectivity index (χ2n) is 4.47. The van der Waals surface area contributed by atoms with Crippen LogP contribution < -0.4 is 5.73 Å². The van der Waals surface area contributed by atoms with Crippen molar-refractivity contribution in [1.82, 2.24) is 9.78 Å². The lowest BCUT2D eigenvalue weighted by Gasteiger charge is -2.09. The summed E-state index contributed by atoms with van der Waals surface area (Å²) in [6, 6.07) is 0. The highest BCUT2D eigenvalue weighted by molar-refractivity contribution is 5.69. The average Bonchev–Trinajstić information content (AvgIpc) is 2.96. The molecule has 0 aliphatic carbocycles. The lowest BCUT2D eigenvalue weighted by atomic mass is 10.1.